The molecule has 0 radical (unpaired) electrons. The molecule has 6 nitrogen and oxygen atoms in total. The first-order valence-corrected chi connectivity index (χ1v) is 8.45. The molecule has 2 aromatic rings. The molecule has 2 rings (SSSR count). The predicted octanol–water partition coefficient (Wildman–Crippen LogP) is 1.95. The lowest BCUT2D eigenvalue weighted by Crippen LogP contribution is -2.48. The number of nitrogens with one attached hydrogen (secondary N) is 2. The molecule has 7 heteroatoms. The number of hydrogen-bond donors (Lipinski definition) is 2. The lowest BCUT2D eigenvalue weighted by atomic mass is 10.2. The zero-order valence-corrected chi connectivity index (χ0v) is 13.7. The Kier molecular flexibility index (Phi) is 6.92. The maximum Gasteiger partial charge on any atom is 0.255 e. The number of carbonyl (C=O) groups is 2. The van der Waals surface area contributed by atoms with Crippen LogP contribution in [0.25, 0.3) is 0 Å². The molecule has 2 N–H and O–H groups in total. The van der Waals surface area contributed by atoms with Gasteiger partial charge in [-0.05, 0) is 11.6 Å². The van der Waals surface area contributed by atoms with Crippen molar-refractivity contribution in [1.29, 1.82) is 5.26 Å². The average Bonchev–Trinajstić information content (AvgIpc) is 3.14. The fourth-order valence-corrected chi connectivity index (χ4v) is 2.95. The molecule has 1 heterocycles. The number of hydrogen-bond acceptors (Lipinski definition) is 5. The second-order valence-corrected chi connectivity index (χ2v) is 5.94. The number of rotatable bonds is 8. The Hall–Kier alpha value is -2.72. The predicted molar refractivity (Wildman–Crippen MR) is 91.2 cm³/mol. The van der Waals surface area contributed by atoms with Crippen molar-refractivity contribution in [3.63, 3.8) is 0 Å². The van der Waals surface area contributed by atoms with Gasteiger partial charge in [0.05, 0.1) is 17.9 Å². The molecule has 2 amide bonds. The molecule has 0 aliphatic rings. The third-order valence-corrected chi connectivity index (χ3v) is 4.25. The van der Waals surface area contributed by atoms with Crippen molar-refractivity contribution in [3.05, 3.63) is 60.1 Å². The lowest BCUT2D eigenvalue weighted by Gasteiger charge is -2.17. The van der Waals surface area contributed by atoms with E-state index in [9.17, 15) is 9.59 Å². The highest BCUT2D eigenvalue weighted by Crippen LogP contribution is 2.13. The van der Waals surface area contributed by atoms with Crippen molar-refractivity contribution in [1.82, 2.24) is 10.6 Å². The van der Waals surface area contributed by atoms with E-state index in [1.807, 2.05) is 36.4 Å². The van der Waals surface area contributed by atoms with Gasteiger partial charge in [0.15, 0.2) is 0 Å². The summed E-state index contributed by atoms with van der Waals surface area (Å²) in [5, 5.41) is 13.7. The Morgan fingerprint density at radius 3 is 2.71 bits per heavy atom. The van der Waals surface area contributed by atoms with Crippen molar-refractivity contribution in [2.45, 2.75) is 11.8 Å². The maximum absolute atomic E-state index is 12.1. The van der Waals surface area contributed by atoms with Crippen LogP contribution in [0.1, 0.15) is 15.9 Å². The van der Waals surface area contributed by atoms with Crippen molar-refractivity contribution in [3.8, 4) is 6.07 Å². The van der Waals surface area contributed by atoms with Crippen LogP contribution in [0, 0.1) is 11.3 Å². The number of benzene rings is 1. The van der Waals surface area contributed by atoms with Gasteiger partial charge in [-0.15, -0.1) is 0 Å². The summed E-state index contributed by atoms with van der Waals surface area (Å²) in [5.74, 6) is 0.357. The molecule has 0 bridgehead atoms. The van der Waals surface area contributed by atoms with E-state index in [0.717, 1.165) is 11.3 Å². The third-order valence-electron chi connectivity index (χ3n) is 3.14. The molecule has 24 heavy (non-hydrogen) atoms. The summed E-state index contributed by atoms with van der Waals surface area (Å²) in [6.07, 6.45) is 2.71. The van der Waals surface area contributed by atoms with E-state index < -0.39 is 6.04 Å². The minimum absolute atomic E-state index is 0.0970. The molecule has 1 aromatic heterocycles. The summed E-state index contributed by atoms with van der Waals surface area (Å²) in [4.78, 5) is 24.2. The summed E-state index contributed by atoms with van der Waals surface area (Å²) >= 11 is 1.53. The summed E-state index contributed by atoms with van der Waals surface area (Å²) in [6.45, 7) is -0.0970. The smallest absolute Gasteiger partial charge is 0.255 e. The number of amides is 2. The highest BCUT2D eigenvalue weighted by molar-refractivity contribution is 7.98. The largest absolute Gasteiger partial charge is 0.472 e. The number of carbonyl (C=O) groups excluding carboxylic acids is 2. The Labute approximate surface area is 144 Å². The van der Waals surface area contributed by atoms with Crippen molar-refractivity contribution in [2.75, 3.05) is 12.3 Å². The SMILES string of the molecule is N#CCNC(=O)[C@H](CSCc1ccccc1)NC(=O)c1ccoc1. The first-order chi connectivity index (χ1) is 11.7. The molecule has 124 valence electrons. The van der Waals surface area contributed by atoms with E-state index >= 15 is 0 Å². The standard InChI is InChI=1S/C17H17N3O3S/c18-7-8-19-17(22)15(20-16(21)14-6-9-23-10-14)12-24-11-13-4-2-1-3-5-13/h1-6,9-10,15H,8,11-12H2,(H,19,22)(H,20,21)/t15-/m0/s1. The molecule has 0 fully saturated rings. The van der Waals surface area contributed by atoms with E-state index in [2.05, 4.69) is 10.6 Å². The van der Waals surface area contributed by atoms with Crippen molar-refractivity contribution >= 4 is 23.6 Å². The molecular weight excluding hydrogens is 326 g/mol. The van der Waals surface area contributed by atoms with Crippen LogP contribution in [-0.2, 0) is 10.5 Å². The Balaban J connectivity index is 1.93. The molecule has 1 aromatic carbocycles. The number of furan rings is 1. The van der Waals surface area contributed by atoms with E-state index in [1.165, 1.54) is 30.4 Å². The first-order valence-electron chi connectivity index (χ1n) is 7.30. The van der Waals surface area contributed by atoms with Gasteiger partial charge < -0.3 is 15.1 Å². The fraction of sp³-hybridized carbons (Fsp3) is 0.235. The zero-order valence-electron chi connectivity index (χ0n) is 12.9. The van der Waals surface area contributed by atoms with Crippen LogP contribution >= 0.6 is 11.8 Å². The minimum atomic E-state index is -0.727. The Bertz CT molecular complexity index is 696. The number of thioether (sulfide) groups is 1. The summed E-state index contributed by atoms with van der Waals surface area (Å²) in [6, 6.07) is 12.5. The highest BCUT2D eigenvalue weighted by atomic mass is 32.2. The minimum Gasteiger partial charge on any atom is -0.472 e. The van der Waals surface area contributed by atoms with Gasteiger partial charge in [-0.2, -0.15) is 17.0 Å². The molecular formula is C17H17N3O3S. The second kappa shape index (κ2) is 9.43. The number of nitriles is 1. The van der Waals surface area contributed by atoms with E-state index in [4.69, 9.17) is 9.68 Å². The molecule has 0 spiro atoms. The van der Waals surface area contributed by atoms with Gasteiger partial charge in [-0.1, -0.05) is 30.3 Å². The monoisotopic (exact) mass is 343 g/mol. The van der Waals surface area contributed by atoms with Crippen LogP contribution < -0.4 is 10.6 Å². The van der Waals surface area contributed by atoms with Gasteiger partial charge in [-0.25, -0.2) is 0 Å². The average molecular weight is 343 g/mol. The van der Waals surface area contributed by atoms with Crippen molar-refractivity contribution < 1.29 is 14.0 Å². The molecule has 1 atom stereocenters. The van der Waals surface area contributed by atoms with E-state index in [1.54, 1.807) is 0 Å². The third kappa shape index (κ3) is 5.48. The maximum atomic E-state index is 12.1. The second-order valence-electron chi connectivity index (χ2n) is 4.91. The highest BCUT2D eigenvalue weighted by Gasteiger charge is 2.21. The van der Waals surface area contributed by atoms with Gasteiger partial charge in [0.25, 0.3) is 5.91 Å². The summed E-state index contributed by atoms with van der Waals surface area (Å²) in [7, 11) is 0. The lowest BCUT2D eigenvalue weighted by molar-refractivity contribution is -0.122. The molecule has 0 saturated heterocycles. The van der Waals surface area contributed by atoms with Crippen LogP contribution in [0.2, 0.25) is 0 Å². The van der Waals surface area contributed by atoms with Crippen LogP contribution in [0.4, 0.5) is 0 Å². The normalized spacial score (nSPS) is 11.3. The quantitative estimate of drug-likeness (QED) is 0.714. The van der Waals surface area contributed by atoms with Crippen LogP contribution in [0.5, 0.6) is 0 Å². The van der Waals surface area contributed by atoms with Crippen molar-refractivity contribution in [2.24, 2.45) is 0 Å². The Morgan fingerprint density at radius 1 is 1.25 bits per heavy atom. The van der Waals surface area contributed by atoms with E-state index in [0.29, 0.717) is 11.3 Å². The summed E-state index contributed by atoms with van der Waals surface area (Å²) in [5.41, 5.74) is 1.49. The Morgan fingerprint density at radius 2 is 2.04 bits per heavy atom. The van der Waals surface area contributed by atoms with E-state index in [-0.39, 0.29) is 18.4 Å². The first kappa shape index (κ1) is 17.6. The molecule has 0 aliphatic heterocycles. The van der Waals surface area contributed by atoms with Gasteiger partial charge in [0.1, 0.15) is 18.8 Å². The molecule has 0 aliphatic carbocycles. The number of nitrogens with zero attached hydrogens (tertiary/aromatic N) is 1. The molecule has 0 unspecified atom stereocenters. The van der Waals surface area contributed by atoms with Gasteiger partial charge >= 0.3 is 0 Å². The topological polar surface area (TPSA) is 95.1 Å². The van der Waals surface area contributed by atoms with Crippen LogP contribution in [-0.4, -0.2) is 30.2 Å². The van der Waals surface area contributed by atoms with Gasteiger partial charge in [0, 0.05) is 11.5 Å². The zero-order chi connectivity index (χ0) is 17.2. The summed E-state index contributed by atoms with van der Waals surface area (Å²) < 4.78 is 4.87. The van der Waals surface area contributed by atoms with Crippen LogP contribution in [0.15, 0.2) is 53.3 Å². The van der Waals surface area contributed by atoms with Crippen LogP contribution in [0.3, 0.4) is 0 Å². The fourth-order valence-electron chi connectivity index (χ4n) is 1.94. The molecule has 0 saturated carbocycles. The van der Waals surface area contributed by atoms with Gasteiger partial charge in [-0.3, -0.25) is 9.59 Å². The van der Waals surface area contributed by atoms with Gasteiger partial charge in [0.2, 0.25) is 5.91 Å².